The molecule has 0 bridgehead atoms. The van der Waals surface area contributed by atoms with E-state index in [0.29, 0.717) is 12.0 Å². The molecule has 0 aliphatic carbocycles. The molecule has 2 aromatic rings. The van der Waals surface area contributed by atoms with E-state index in [4.69, 9.17) is 5.11 Å². The van der Waals surface area contributed by atoms with E-state index in [2.05, 4.69) is 10.0 Å². The van der Waals surface area contributed by atoms with E-state index in [-0.39, 0.29) is 29.9 Å². The molecule has 2 aromatic carbocycles. The number of carbonyl (C=O) groups is 1. The van der Waals surface area contributed by atoms with Crippen LogP contribution in [0.1, 0.15) is 36.6 Å². The van der Waals surface area contributed by atoms with Gasteiger partial charge in [-0.05, 0) is 49.1 Å². The molecule has 9 heteroatoms. The molecule has 0 aliphatic heterocycles. The van der Waals surface area contributed by atoms with Crippen molar-refractivity contribution in [3.05, 3.63) is 59.2 Å². The molecule has 0 spiro atoms. The number of carboxylic acid groups (broad SMARTS) is 1. The van der Waals surface area contributed by atoms with Gasteiger partial charge in [0, 0.05) is 12.1 Å². The van der Waals surface area contributed by atoms with E-state index >= 15 is 0 Å². The molecule has 2 rings (SSSR count). The van der Waals surface area contributed by atoms with E-state index in [9.17, 15) is 23.4 Å². The van der Waals surface area contributed by atoms with Gasteiger partial charge < -0.3 is 20.6 Å². The number of phenolic OH excluding ortho intramolecular Hbond substituents is 1. The molecule has 0 amide bonds. The fourth-order valence-electron chi connectivity index (χ4n) is 3.06. The van der Waals surface area contributed by atoms with Gasteiger partial charge in [-0.2, -0.15) is 0 Å². The van der Waals surface area contributed by atoms with E-state index in [1.165, 1.54) is 18.2 Å². The Morgan fingerprint density at radius 2 is 1.70 bits per heavy atom. The molecular formula is C21H28N2O6S. The van der Waals surface area contributed by atoms with Gasteiger partial charge >= 0.3 is 5.97 Å². The highest BCUT2D eigenvalue weighted by atomic mass is 32.2. The molecule has 0 unspecified atom stereocenters. The van der Waals surface area contributed by atoms with Gasteiger partial charge in [0.2, 0.25) is 10.0 Å². The number of β-amino-alcohol motifs (C(OH)–C–C–N with tert-alkyl or cyclic N) is 1. The molecule has 0 heterocycles. The number of nitrogens with one attached hydrogen (secondary N) is 2. The Balaban J connectivity index is 1.99. The Hall–Kier alpha value is -2.62. The number of sulfonamides is 1. The Labute approximate surface area is 176 Å². The van der Waals surface area contributed by atoms with E-state index in [1.54, 1.807) is 12.1 Å². The smallest absolute Gasteiger partial charge is 0.307 e. The molecule has 1 atom stereocenters. The maximum Gasteiger partial charge on any atom is 0.307 e. The van der Waals surface area contributed by atoms with Gasteiger partial charge in [0.25, 0.3) is 0 Å². The zero-order valence-corrected chi connectivity index (χ0v) is 18.0. The van der Waals surface area contributed by atoms with Crippen LogP contribution in [0.5, 0.6) is 5.75 Å². The second-order valence-corrected chi connectivity index (χ2v) is 9.74. The van der Waals surface area contributed by atoms with Crippen LogP contribution in [0.2, 0.25) is 0 Å². The Morgan fingerprint density at radius 1 is 1.10 bits per heavy atom. The molecule has 5 N–H and O–H groups in total. The van der Waals surface area contributed by atoms with Gasteiger partial charge in [-0.25, -0.2) is 8.42 Å². The summed E-state index contributed by atoms with van der Waals surface area (Å²) in [6, 6.07) is 11.6. The third-order valence-electron chi connectivity index (χ3n) is 4.50. The van der Waals surface area contributed by atoms with Gasteiger partial charge in [0.15, 0.2) is 0 Å². The van der Waals surface area contributed by atoms with Crippen LogP contribution in [0, 0.1) is 0 Å². The van der Waals surface area contributed by atoms with E-state index in [1.807, 2.05) is 26.0 Å². The lowest BCUT2D eigenvalue weighted by molar-refractivity contribution is -0.136. The second kappa shape index (κ2) is 9.46. The monoisotopic (exact) mass is 436 g/mol. The minimum atomic E-state index is -3.56. The molecule has 8 nitrogen and oxygen atoms in total. The number of hydrogen-bond acceptors (Lipinski definition) is 6. The maximum absolute atomic E-state index is 11.4. The predicted octanol–water partition coefficient (Wildman–Crippen LogP) is 2.04. The van der Waals surface area contributed by atoms with Gasteiger partial charge in [-0.3, -0.25) is 9.52 Å². The largest absolute Gasteiger partial charge is 0.506 e. The molecule has 0 saturated heterocycles. The second-order valence-electron chi connectivity index (χ2n) is 8.00. The van der Waals surface area contributed by atoms with Crippen molar-refractivity contribution in [3.8, 4) is 5.75 Å². The molecule has 0 aromatic heterocycles. The quantitative estimate of drug-likeness (QED) is 0.360. The van der Waals surface area contributed by atoms with E-state index in [0.717, 1.165) is 17.4 Å². The summed E-state index contributed by atoms with van der Waals surface area (Å²) in [6.45, 7) is 4.18. The molecule has 0 aliphatic rings. The van der Waals surface area contributed by atoms with Crippen molar-refractivity contribution < 1.29 is 28.5 Å². The fraction of sp³-hybridized carbons (Fsp3) is 0.381. The third kappa shape index (κ3) is 7.66. The number of phenols is 1. The molecule has 30 heavy (non-hydrogen) atoms. The molecular weight excluding hydrogens is 408 g/mol. The number of hydrogen-bond donors (Lipinski definition) is 5. The van der Waals surface area contributed by atoms with Crippen molar-refractivity contribution in [1.82, 2.24) is 5.32 Å². The number of aliphatic hydroxyl groups is 1. The molecule has 0 radical (unpaired) electrons. The van der Waals surface area contributed by atoms with Gasteiger partial charge in [-0.1, -0.05) is 30.3 Å². The summed E-state index contributed by atoms with van der Waals surface area (Å²) in [5, 5.41) is 32.5. The lowest BCUT2D eigenvalue weighted by atomic mass is 9.93. The lowest BCUT2D eigenvalue weighted by Crippen LogP contribution is -2.43. The zero-order chi connectivity index (χ0) is 22.5. The number of aliphatic hydroxyl groups excluding tert-OH is 1. The molecule has 0 saturated carbocycles. The average molecular weight is 437 g/mol. The highest BCUT2D eigenvalue weighted by Gasteiger charge is 2.20. The minimum Gasteiger partial charge on any atom is -0.506 e. The Kier molecular flexibility index (Phi) is 7.46. The lowest BCUT2D eigenvalue weighted by Gasteiger charge is -2.28. The normalized spacial score (nSPS) is 13.1. The number of benzene rings is 2. The minimum absolute atomic E-state index is 0.00904. The third-order valence-corrected chi connectivity index (χ3v) is 5.09. The first kappa shape index (κ1) is 23.7. The highest BCUT2D eigenvalue weighted by Crippen LogP contribution is 2.28. The summed E-state index contributed by atoms with van der Waals surface area (Å²) < 4.78 is 25.0. The van der Waals surface area contributed by atoms with Crippen molar-refractivity contribution in [2.45, 2.75) is 38.3 Å². The van der Waals surface area contributed by atoms with Crippen molar-refractivity contribution in [2.75, 3.05) is 17.5 Å². The van der Waals surface area contributed by atoms with Gasteiger partial charge in [0.05, 0.1) is 24.5 Å². The van der Waals surface area contributed by atoms with Crippen LogP contribution in [0.3, 0.4) is 0 Å². The van der Waals surface area contributed by atoms with Gasteiger partial charge in [-0.15, -0.1) is 0 Å². The van der Waals surface area contributed by atoms with Crippen LogP contribution in [-0.4, -0.2) is 48.0 Å². The molecule has 0 fully saturated rings. The topological polar surface area (TPSA) is 136 Å². The van der Waals surface area contributed by atoms with Gasteiger partial charge in [0.1, 0.15) is 5.75 Å². The summed E-state index contributed by atoms with van der Waals surface area (Å²) in [6.07, 6.45) is 0.705. The highest BCUT2D eigenvalue weighted by molar-refractivity contribution is 7.92. The van der Waals surface area contributed by atoms with Crippen LogP contribution in [0.4, 0.5) is 5.69 Å². The summed E-state index contributed by atoms with van der Waals surface area (Å²) >= 11 is 0. The summed E-state index contributed by atoms with van der Waals surface area (Å²) in [5.41, 5.74) is 1.87. The standard InChI is InChI=1S/C21H28N2O6S/c1-21(2,12-15-6-4-14(5-7-15)10-20(26)27)22-13-19(25)16-8-9-18(24)17(11-16)23-30(3,28)29/h4-9,11,19,22-25H,10,12-13H2,1-3H3,(H,26,27)/t19-/m0/s1. The zero-order valence-electron chi connectivity index (χ0n) is 17.2. The van der Waals surface area contributed by atoms with Crippen LogP contribution in [0.15, 0.2) is 42.5 Å². The number of aromatic hydroxyl groups is 1. The average Bonchev–Trinajstić information content (AvgIpc) is 2.61. The molecule has 164 valence electrons. The first-order chi connectivity index (χ1) is 13.8. The Morgan fingerprint density at radius 3 is 2.27 bits per heavy atom. The summed E-state index contributed by atoms with van der Waals surface area (Å²) in [7, 11) is -3.56. The number of aliphatic carboxylic acids is 1. The first-order valence-electron chi connectivity index (χ1n) is 9.38. The van der Waals surface area contributed by atoms with Crippen LogP contribution in [-0.2, 0) is 27.7 Å². The summed E-state index contributed by atoms with van der Waals surface area (Å²) in [5.74, 6) is -1.10. The number of anilines is 1. The van der Waals surface area contributed by atoms with Crippen molar-refractivity contribution in [2.24, 2.45) is 0 Å². The number of carboxylic acids is 1. The van der Waals surface area contributed by atoms with Crippen molar-refractivity contribution in [1.29, 1.82) is 0 Å². The summed E-state index contributed by atoms with van der Waals surface area (Å²) in [4.78, 5) is 10.8. The first-order valence-corrected chi connectivity index (χ1v) is 11.3. The van der Waals surface area contributed by atoms with Crippen LogP contribution in [0.25, 0.3) is 0 Å². The fourth-order valence-corrected chi connectivity index (χ4v) is 3.62. The number of rotatable bonds is 10. The predicted molar refractivity (Wildman–Crippen MR) is 115 cm³/mol. The van der Waals surface area contributed by atoms with Crippen molar-refractivity contribution in [3.63, 3.8) is 0 Å². The Bertz CT molecular complexity index is 987. The maximum atomic E-state index is 11.4. The van der Waals surface area contributed by atoms with Crippen LogP contribution < -0.4 is 10.0 Å². The van der Waals surface area contributed by atoms with E-state index < -0.39 is 22.1 Å². The SMILES string of the molecule is CC(C)(Cc1ccc(CC(=O)O)cc1)NC[C@H](O)c1ccc(O)c(NS(C)(=O)=O)c1. The van der Waals surface area contributed by atoms with Crippen LogP contribution >= 0.6 is 0 Å². The van der Waals surface area contributed by atoms with Crippen molar-refractivity contribution >= 4 is 21.7 Å².